The molecule has 0 aliphatic heterocycles. The zero-order valence-corrected chi connectivity index (χ0v) is 34.3. The van der Waals surface area contributed by atoms with Gasteiger partial charge < -0.3 is 9.80 Å². The van der Waals surface area contributed by atoms with Gasteiger partial charge in [-0.2, -0.15) is 0 Å². The molecule has 2 heteroatoms. The van der Waals surface area contributed by atoms with Crippen molar-refractivity contribution in [1.82, 2.24) is 0 Å². The van der Waals surface area contributed by atoms with Gasteiger partial charge in [-0.3, -0.25) is 0 Å². The van der Waals surface area contributed by atoms with Crippen LogP contribution in [-0.4, -0.2) is 0 Å². The van der Waals surface area contributed by atoms with E-state index < -0.39 is 0 Å². The van der Waals surface area contributed by atoms with Gasteiger partial charge in [0.15, 0.2) is 0 Å². The van der Waals surface area contributed by atoms with Crippen LogP contribution in [0.1, 0.15) is 74.0 Å². The summed E-state index contributed by atoms with van der Waals surface area (Å²) in [7, 11) is 0. The zero-order valence-electron chi connectivity index (χ0n) is 34.3. The Morgan fingerprint density at radius 3 is 1.53 bits per heavy atom. The molecule has 0 atom stereocenters. The molecule has 2 nitrogen and oxygen atoms in total. The van der Waals surface area contributed by atoms with Crippen LogP contribution in [0.4, 0.5) is 34.1 Å². The third-order valence-electron chi connectivity index (χ3n) is 14.0. The van der Waals surface area contributed by atoms with E-state index in [1.54, 1.807) is 0 Å². The lowest BCUT2D eigenvalue weighted by Crippen LogP contribution is -2.13. The van der Waals surface area contributed by atoms with Gasteiger partial charge in [0, 0.05) is 33.5 Å². The van der Waals surface area contributed by atoms with Crippen LogP contribution in [0.5, 0.6) is 0 Å². The maximum absolute atomic E-state index is 2.57. The number of aryl methyl sites for hydroxylation is 7. The predicted octanol–water partition coefficient (Wildman–Crippen LogP) is 15.1. The van der Waals surface area contributed by atoms with Crippen LogP contribution in [0, 0.1) is 20.8 Å². The summed E-state index contributed by atoms with van der Waals surface area (Å²) in [5.41, 5.74) is 22.7. The second kappa shape index (κ2) is 13.3. The van der Waals surface area contributed by atoms with Gasteiger partial charge in [-0.25, -0.2) is 0 Å². The van der Waals surface area contributed by atoms with Crippen LogP contribution in [0.25, 0.3) is 44.5 Å². The first-order chi connectivity index (χ1) is 28.9. The van der Waals surface area contributed by atoms with Crippen molar-refractivity contribution in [2.24, 2.45) is 0 Å². The molecule has 0 saturated carbocycles. The molecule has 0 heterocycles. The average Bonchev–Trinajstić information content (AvgIpc) is 4.09. The maximum Gasteiger partial charge on any atom is 0.0546 e. The Morgan fingerprint density at radius 2 is 0.847 bits per heavy atom. The predicted molar refractivity (Wildman–Crippen MR) is 252 cm³/mol. The highest BCUT2D eigenvalue weighted by Crippen LogP contribution is 2.49. The Hall–Kier alpha value is -6.38. The molecule has 0 unspecified atom stereocenters. The van der Waals surface area contributed by atoms with Gasteiger partial charge in [0.2, 0.25) is 0 Å². The topological polar surface area (TPSA) is 6.48 Å². The molecule has 4 aliphatic carbocycles. The molecular formula is C57H48N2. The number of hydrogen-bond donors (Lipinski definition) is 0. The van der Waals surface area contributed by atoms with Crippen molar-refractivity contribution >= 4 is 78.6 Å². The molecule has 8 aromatic rings. The third-order valence-corrected chi connectivity index (χ3v) is 14.0. The van der Waals surface area contributed by atoms with Gasteiger partial charge in [-0.15, -0.1) is 0 Å². The molecular weight excluding hydrogens is 713 g/mol. The molecule has 286 valence electrons. The first-order valence-electron chi connectivity index (χ1n) is 21.8. The Labute approximate surface area is 347 Å². The molecule has 4 aliphatic rings. The van der Waals surface area contributed by atoms with E-state index in [1.165, 1.54) is 153 Å². The van der Waals surface area contributed by atoms with E-state index in [0.717, 1.165) is 25.7 Å². The van der Waals surface area contributed by atoms with E-state index in [-0.39, 0.29) is 0 Å². The Morgan fingerprint density at radius 1 is 0.356 bits per heavy atom. The minimum atomic E-state index is 0.978. The van der Waals surface area contributed by atoms with Crippen LogP contribution < -0.4 is 9.80 Å². The summed E-state index contributed by atoms with van der Waals surface area (Å²) in [6.07, 6.45) is 18.3. The van der Waals surface area contributed by atoms with Crippen LogP contribution in [0.15, 0.2) is 127 Å². The second-order valence-electron chi connectivity index (χ2n) is 17.7. The molecule has 0 N–H and O–H groups in total. The number of nitrogens with zero attached hydrogens (tertiary/aromatic N) is 2. The van der Waals surface area contributed by atoms with Crippen molar-refractivity contribution in [3.8, 4) is 0 Å². The summed E-state index contributed by atoms with van der Waals surface area (Å²) >= 11 is 0. The molecule has 0 radical (unpaired) electrons. The number of fused-ring (bicyclic) bond motifs is 9. The second-order valence-corrected chi connectivity index (χ2v) is 17.7. The fourth-order valence-electron chi connectivity index (χ4n) is 10.8. The van der Waals surface area contributed by atoms with Gasteiger partial charge in [0.05, 0.1) is 11.4 Å². The fraction of sp³-hybridized carbons (Fsp3) is 0.193. The number of benzene rings is 8. The molecule has 0 amide bonds. The van der Waals surface area contributed by atoms with Gasteiger partial charge in [-0.05, 0) is 222 Å². The van der Waals surface area contributed by atoms with Crippen LogP contribution >= 0.6 is 0 Å². The summed E-state index contributed by atoms with van der Waals surface area (Å²) in [5.74, 6) is 0. The van der Waals surface area contributed by atoms with Crippen LogP contribution in [-0.2, 0) is 38.5 Å². The number of rotatable bonds is 6. The normalized spacial score (nSPS) is 14.7. The molecule has 8 aromatic carbocycles. The number of hydrogen-bond acceptors (Lipinski definition) is 2. The molecule has 0 bridgehead atoms. The summed E-state index contributed by atoms with van der Waals surface area (Å²) in [5, 5.41) is 7.71. The summed E-state index contributed by atoms with van der Waals surface area (Å²) < 4.78 is 0. The highest BCUT2D eigenvalue weighted by atomic mass is 15.2. The lowest BCUT2D eigenvalue weighted by molar-refractivity contribution is 0.911. The summed E-state index contributed by atoms with van der Waals surface area (Å²) in [6, 6.07) is 45.8. The van der Waals surface area contributed by atoms with Gasteiger partial charge in [-0.1, -0.05) is 72.3 Å². The van der Waals surface area contributed by atoms with Crippen molar-refractivity contribution in [1.29, 1.82) is 0 Å². The van der Waals surface area contributed by atoms with E-state index >= 15 is 0 Å². The Kier molecular flexibility index (Phi) is 7.83. The van der Waals surface area contributed by atoms with Gasteiger partial charge in [0.25, 0.3) is 0 Å². The van der Waals surface area contributed by atoms with E-state index in [2.05, 4.69) is 170 Å². The largest absolute Gasteiger partial charge is 0.310 e. The SMILES string of the molecule is Cc1ccc2c(c1)c(N(c1ccc3c(c1)C=CC3)c1ccc3c(c1)CCC3)cc1c3cc(C)c(C)cc3c(N(c3ccc4c(c3)CC=C4)c3ccc4c(c3)CCC4)cc21. The van der Waals surface area contributed by atoms with E-state index in [9.17, 15) is 0 Å². The number of allylic oxidation sites excluding steroid dienone is 2. The van der Waals surface area contributed by atoms with Gasteiger partial charge >= 0.3 is 0 Å². The fourth-order valence-corrected chi connectivity index (χ4v) is 10.8. The highest BCUT2D eigenvalue weighted by Gasteiger charge is 2.26. The first kappa shape index (κ1) is 34.6. The first-order valence-corrected chi connectivity index (χ1v) is 21.8. The minimum Gasteiger partial charge on any atom is -0.310 e. The lowest BCUT2D eigenvalue weighted by atomic mass is 9.90. The number of anilines is 6. The molecule has 0 aromatic heterocycles. The smallest absolute Gasteiger partial charge is 0.0546 e. The lowest BCUT2D eigenvalue weighted by Gasteiger charge is -2.31. The van der Waals surface area contributed by atoms with Crippen molar-refractivity contribution in [2.45, 2.75) is 72.1 Å². The van der Waals surface area contributed by atoms with Crippen molar-refractivity contribution in [2.75, 3.05) is 9.80 Å². The summed E-state index contributed by atoms with van der Waals surface area (Å²) in [6.45, 7) is 6.79. The maximum atomic E-state index is 2.57. The Bertz CT molecular complexity index is 3150. The average molecular weight is 761 g/mol. The van der Waals surface area contributed by atoms with Crippen LogP contribution in [0.2, 0.25) is 0 Å². The zero-order chi connectivity index (χ0) is 39.4. The summed E-state index contributed by atoms with van der Waals surface area (Å²) in [4.78, 5) is 5.12. The van der Waals surface area contributed by atoms with Crippen LogP contribution in [0.3, 0.4) is 0 Å². The molecule has 59 heavy (non-hydrogen) atoms. The highest BCUT2D eigenvalue weighted by molar-refractivity contribution is 6.25. The van der Waals surface area contributed by atoms with E-state index in [0.29, 0.717) is 0 Å². The van der Waals surface area contributed by atoms with Crippen molar-refractivity contribution in [3.05, 3.63) is 189 Å². The quantitative estimate of drug-likeness (QED) is 0.156. The third kappa shape index (κ3) is 5.60. The Balaban J connectivity index is 1.17. The molecule has 0 fully saturated rings. The van der Waals surface area contributed by atoms with Gasteiger partial charge in [0.1, 0.15) is 0 Å². The molecule has 0 spiro atoms. The van der Waals surface area contributed by atoms with E-state index in [1.807, 2.05) is 0 Å². The standard InChI is InChI=1S/C57H48N2/c1-35-16-25-50-52-33-57(59(48-23-19-40-10-6-14-44(40)31-48)49-24-20-41-11-7-15-45(41)32-49)55-28-37(3)36(2)27-51(55)53(52)34-56(54(50)26-35)58(46-21-17-38-8-4-12-42(38)29-46)47-22-18-39-9-5-13-43(39)30-47/h4,6,10,12,16-34H,5,7-9,11,13-15H2,1-3H3. The van der Waals surface area contributed by atoms with Crippen molar-refractivity contribution in [3.63, 3.8) is 0 Å². The molecule has 12 rings (SSSR count). The molecule has 0 saturated heterocycles. The van der Waals surface area contributed by atoms with Crippen molar-refractivity contribution < 1.29 is 0 Å². The monoisotopic (exact) mass is 760 g/mol. The minimum absolute atomic E-state index is 0.978. The van der Waals surface area contributed by atoms with E-state index in [4.69, 9.17) is 0 Å².